The van der Waals surface area contributed by atoms with Crippen molar-refractivity contribution in [2.24, 2.45) is 0 Å². The first-order valence-electron chi connectivity index (χ1n) is 6.94. The fourth-order valence-electron chi connectivity index (χ4n) is 2.13. The maximum absolute atomic E-state index is 12.3. The summed E-state index contributed by atoms with van der Waals surface area (Å²) in [4.78, 5) is 16.2. The third kappa shape index (κ3) is 3.22. The Hall–Kier alpha value is -3.52. The van der Waals surface area contributed by atoms with Crippen LogP contribution < -0.4 is 0 Å². The molecule has 5 heteroatoms. The molecule has 0 saturated carbocycles. The van der Waals surface area contributed by atoms with Crippen molar-refractivity contribution in [3.8, 4) is 11.8 Å². The molecule has 0 bridgehead atoms. The lowest BCUT2D eigenvalue weighted by Crippen LogP contribution is -2.01. The smallest absolute Gasteiger partial charge is 0.203 e. The molecule has 0 unspecified atom stereocenters. The molecule has 0 radical (unpaired) electrons. The molecule has 0 aliphatic heterocycles. The molecule has 23 heavy (non-hydrogen) atoms. The van der Waals surface area contributed by atoms with Crippen LogP contribution in [0.1, 0.15) is 15.9 Å². The van der Waals surface area contributed by atoms with Crippen LogP contribution >= 0.6 is 0 Å². The van der Waals surface area contributed by atoms with Crippen LogP contribution in [0.25, 0.3) is 11.8 Å². The van der Waals surface area contributed by atoms with E-state index in [0.717, 1.165) is 11.3 Å². The molecule has 1 heterocycles. The van der Waals surface area contributed by atoms with E-state index in [1.165, 1.54) is 6.33 Å². The largest absolute Gasteiger partial charge is 0.288 e. The molecule has 5 nitrogen and oxygen atoms in total. The highest BCUT2D eigenvalue weighted by molar-refractivity contribution is 6.14. The zero-order chi connectivity index (χ0) is 16.1. The van der Waals surface area contributed by atoms with E-state index in [4.69, 9.17) is 0 Å². The molecule has 0 amide bonds. The fourth-order valence-corrected chi connectivity index (χ4v) is 2.13. The van der Waals surface area contributed by atoms with Crippen LogP contribution in [0.2, 0.25) is 0 Å². The summed E-state index contributed by atoms with van der Waals surface area (Å²) in [6.07, 6.45) is 4.64. The summed E-state index contributed by atoms with van der Waals surface area (Å²) >= 11 is 0. The van der Waals surface area contributed by atoms with Crippen LogP contribution in [0.3, 0.4) is 0 Å². The predicted octanol–water partition coefficient (Wildman–Crippen LogP) is 3.06. The second kappa shape index (κ2) is 6.50. The van der Waals surface area contributed by atoms with Crippen molar-refractivity contribution in [2.45, 2.75) is 0 Å². The van der Waals surface area contributed by atoms with Gasteiger partial charge in [-0.1, -0.05) is 42.5 Å². The van der Waals surface area contributed by atoms with Crippen molar-refractivity contribution >= 4 is 11.9 Å². The minimum atomic E-state index is -0.284. The number of hydrogen-bond acceptors (Lipinski definition) is 4. The van der Waals surface area contributed by atoms with Crippen molar-refractivity contribution in [3.05, 3.63) is 84.0 Å². The molecule has 0 atom stereocenters. The van der Waals surface area contributed by atoms with Crippen molar-refractivity contribution in [3.63, 3.8) is 0 Å². The van der Waals surface area contributed by atoms with Gasteiger partial charge in [0, 0.05) is 5.56 Å². The number of Topliss-reactive ketones (excluding diaryl/α,β-unsaturated/α-hetero) is 1. The van der Waals surface area contributed by atoms with Gasteiger partial charge in [0.1, 0.15) is 24.3 Å². The second-order valence-electron chi connectivity index (χ2n) is 4.80. The first-order valence-corrected chi connectivity index (χ1v) is 6.94. The second-order valence-corrected chi connectivity index (χ2v) is 4.80. The quantitative estimate of drug-likeness (QED) is 0.422. The number of carbonyl (C=O) groups excluding carboxylic acids is 1. The van der Waals surface area contributed by atoms with Gasteiger partial charge < -0.3 is 0 Å². The number of rotatable bonds is 4. The van der Waals surface area contributed by atoms with Gasteiger partial charge in [0.25, 0.3) is 0 Å². The van der Waals surface area contributed by atoms with E-state index in [0.29, 0.717) is 5.56 Å². The molecule has 0 aliphatic carbocycles. The van der Waals surface area contributed by atoms with Gasteiger partial charge in [-0.3, -0.25) is 4.79 Å². The Morgan fingerprint density at radius 1 is 1.09 bits per heavy atom. The normalized spacial score (nSPS) is 11.0. The van der Waals surface area contributed by atoms with Gasteiger partial charge in [0.2, 0.25) is 5.78 Å². The number of nitriles is 1. The van der Waals surface area contributed by atoms with Crippen molar-refractivity contribution in [1.29, 1.82) is 5.26 Å². The highest BCUT2D eigenvalue weighted by Crippen LogP contribution is 2.14. The van der Waals surface area contributed by atoms with Gasteiger partial charge in [-0.2, -0.15) is 10.4 Å². The monoisotopic (exact) mass is 300 g/mol. The lowest BCUT2D eigenvalue weighted by Gasteiger charge is -2.02. The van der Waals surface area contributed by atoms with Gasteiger partial charge in [0.05, 0.1) is 5.69 Å². The first kappa shape index (κ1) is 14.4. The summed E-state index contributed by atoms with van der Waals surface area (Å²) in [6.45, 7) is 0. The Labute approximate surface area is 133 Å². The summed E-state index contributed by atoms with van der Waals surface area (Å²) in [7, 11) is 0. The predicted molar refractivity (Wildman–Crippen MR) is 85.7 cm³/mol. The Morgan fingerprint density at radius 2 is 1.83 bits per heavy atom. The summed E-state index contributed by atoms with van der Waals surface area (Å²) in [5.74, 6) is -0.284. The molecule has 1 aromatic heterocycles. The van der Waals surface area contributed by atoms with E-state index in [1.54, 1.807) is 41.4 Å². The third-order valence-electron chi connectivity index (χ3n) is 3.29. The van der Waals surface area contributed by atoms with Crippen LogP contribution in [0.5, 0.6) is 0 Å². The standard InChI is InChI=1S/C18H12N4O/c19-11-16(18(23)15-4-2-1-3-5-15)10-14-6-8-17(9-7-14)22-13-20-12-21-22/h1-10,12-13H. The summed E-state index contributed by atoms with van der Waals surface area (Å²) in [5, 5.41) is 13.3. The summed E-state index contributed by atoms with van der Waals surface area (Å²) in [5.41, 5.74) is 2.23. The van der Waals surface area contributed by atoms with Gasteiger partial charge in [-0.25, -0.2) is 9.67 Å². The number of benzene rings is 2. The highest BCUT2D eigenvalue weighted by Gasteiger charge is 2.11. The number of ketones is 1. The van der Waals surface area contributed by atoms with Gasteiger partial charge in [0.15, 0.2) is 0 Å². The molecule has 0 N–H and O–H groups in total. The van der Waals surface area contributed by atoms with Gasteiger partial charge in [-0.15, -0.1) is 0 Å². The SMILES string of the molecule is N#CC(=Cc1ccc(-n2cncn2)cc1)C(=O)c1ccccc1. The van der Waals surface area contributed by atoms with E-state index in [1.807, 2.05) is 36.4 Å². The number of aromatic nitrogens is 3. The van der Waals surface area contributed by atoms with Gasteiger partial charge >= 0.3 is 0 Å². The minimum absolute atomic E-state index is 0.102. The zero-order valence-electron chi connectivity index (χ0n) is 12.1. The number of carbonyl (C=O) groups is 1. The number of hydrogen-bond donors (Lipinski definition) is 0. The Bertz CT molecular complexity index is 873. The van der Waals surface area contributed by atoms with E-state index in [9.17, 15) is 10.1 Å². The lowest BCUT2D eigenvalue weighted by atomic mass is 10.0. The Kier molecular flexibility index (Phi) is 4.07. The van der Waals surface area contributed by atoms with Crippen molar-refractivity contribution in [1.82, 2.24) is 14.8 Å². The minimum Gasteiger partial charge on any atom is -0.288 e. The number of nitrogens with zero attached hydrogens (tertiary/aromatic N) is 4. The molecular formula is C18H12N4O. The van der Waals surface area contributed by atoms with Crippen LogP contribution in [0.4, 0.5) is 0 Å². The molecule has 3 rings (SSSR count). The molecule has 3 aromatic rings. The zero-order valence-corrected chi connectivity index (χ0v) is 12.1. The topological polar surface area (TPSA) is 71.6 Å². The Morgan fingerprint density at radius 3 is 2.43 bits per heavy atom. The van der Waals surface area contributed by atoms with Crippen molar-refractivity contribution < 1.29 is 4.79 Å². The van der Waals surface area contributed by atoms with Crippen LogP contribution in [-0.2, 0) is 0 Å². The molecule has 0 saturated heterocycles. The fraction of sp³-hybridized carbons (Fsp3) is 0. The molecule has 0 fully saturated rings. The third-order valence-corrected chi connectivity index (χ3v) is 3.29. The van der Waals surface area contributed by atoms with E-state index < -0.39 is 0 Å². The Balaban J connectivity index is 1.87. The summed E-state index contributed by atoms with van der Waals surface area (Å²) < 4.78 is 1.63. The lowest BCUT2D eigenvalue weighted by molar-refractivity contribution is 0.104. The van der Waals surface area contributed by atoms with Crippen LogP contribution in [-0.4, -0.2) is 20.5 Å². The van der Waals surface area contributed by atoms with Crippen LogP contribution in [0, 0.1) is 11.3 Å². The maximum Gasteiger partial charge on any atom is 0.203 e. The van der Waals surface area contributed by atoms with E-state index >= 15 is 0 Å². The maximum atomic E-state index is 12.3. The molecule has 0 spiro atoms. The summed E-state index contributed by atoms with van der Waals surface area (Å²) in [6, 6.07) is 18.1. The molecule has 0 aliphatic rings. The average molecular weight is 300 g/mol. The van der Waals surface area contributed by atoms with E-state index in [-0.39, 0.29) is 11.4 Å². The van der Waals surface area contributed by atoms with Gasteiger partial charge in [-0.05, 0) is 23.8 Å². The van der Waals surface area contributed by atoms with Crippen molar-refractivity contribution in [2.75, 3.05) is 0 Å². The number of allylic oxidation sites excluding steroid dienone is 1. The molecule has 2 aromatic carbocycles. The molecule has 110 valence electrons. The first-order chi connectivity index (χ1) is 11.3. The van der Waals surface area contributed by atoms with E-state index in [2.05, 4.69) is 10.1 Å². The van der Waals surface area contributed by atoms with Crippen LogP contribution in [0.15, 0.2) is 72.8 Å². The molecular weight excluding hydrogens is 288 g/mol. The highest BCUT2D eigenvalue weighted by atomic mass is 16.1. The average Bonchev–Trinajstić information content (AvgIpc) is 3.15.